The number of methoxy groups -OCH3 is 1. The Labute approximate surface area is 433 Å². The van der Waals surface area contributed by atoms with Crippen LogP contribution in [0.4, 0.5) is 5.69 Å². The van der Waals surface area contributed by atoms with E-state index >= 15 is 0 Å². The first kappa shape index (κ1) is 51.2. The number of aliphatic hydroxyl groups is 1. The number of nitrogens with one attached hydrogen (secondary N) is 2. The van der Waals surface area contributed by atoms with Crippen molar-refractivity contribution in [2.75, 3.05) is 31.6 Å². The summed E-state index contributed by atoms with van der Waals surface area (Å²) in [5, 5.41) is 26.6. The number of benzene rings is 3. The molecule has 16 nitrogen and oxygen atoms in total. The Balaban J connectivity index is 0.801. The molecule has 0 radical (unpaired) electrons. The molecule has 382 valence electrons. The third kappa shape index (κ3) is 10.7. The lowest BCUT2D eigenvalue weighted by Gasteiger charge is -2.35. The minimum atomic E-state index is -0.982. The van der Waals surface area contributed by atoms with Crippen molar-refractivity contribution in [1.29, 1.82) is 0 Å². The number of hydrogen-bond acceptors (Lipinski definition) is 14. The average Bonchev–Trinajstić information content (AvgIpc) is 4.15. The van der Waals surface area contributed by atoms with E-state index in [1.807, 2.05) is 75.9 Å². The number of anilines is 1. The van der Waals surface area contributed by atoms with Crippen LogP contribution in [0.3, 0.4) is 0 Å². The highest BCUT2D eigenvalue weighted by atomic mass is 32.1. The number of fused-ring (bicyclic) bond motifs is 3. The van der Waals surface area contributed by atoms with Gasteiger partial charge in [0.25, 0.3) is 5.91 Å². The second-order valence-corrected chi connectivity index (χ2v) is 22.4. The fourth-order valence-electron chi connectivity index (χ4n) is 9.94. The minimum Gasteiger partial charge on any atom is -0.490 e. The smallest absolute Gasteiger partial charge is 0.308 e. The van der Waals surface area contributed by atoms with Crippen LogP contribution in [0.25, 0.3) is 15.4 Å². The van der Waals surface area contributed by atoms with Gasteiger partial charge in [-0.2, -0.15) is 0 Å². The molecule has 5 atom stereocenters. The maximum Gasteiger partial charge on any atom is 0.308 e. The number of esters is 1. The van der Waals surface area contributed by atoms with Gasteiger partial charge in [-0.15, -0.1) is 32.9 Å². The summed E-state index contributed by atoms with van der Waals surface area (Å²) in [4.78, 5) is 70.1. The summed E-state index contributed by atoms with van der Waals surface area (Å²) in [5.74, 6) is 0.398. The van der Waals surface area contributed by atoms with Crippen molar-refractivity contribution < 1.29 is 33.8 Å². The zero-order valence-electron chi connectivity index (χ0n) is 42.8. The van der Waals surface area contributed by atoms with E-state index in [0.717, 1.165) is 86.5 Å². The number of amides is 3. The summed E-state index contributed by atoms with van der Waals surface area (Å²) >= 11 is 3.25. The number of hydrogen-bond donors (Lipinski definition) is 3. The first-order chi connectivity index (χ1) is 34.9. The maximum atomic E-state index is 14.3. The van der Waals surface area contributed by atoms with E-state index in [1.54, 1.807) is 46.9 Å². The van der Waals surface area contributed by atoms with E-state index in [-0.39, 0.29) is 43.4 Å². The van der Waals surface area contributed by atoms with Crippen molar-refractivity contribution in [2.24, 2.45) is 10.4 Å². The van der Waals surface area contributed by atoms with Crippen LogP contribution in [0.5, 0.6) is 5.75 Å². The number of aromatic nitrogens is 4. The largest absolute Gasteiger partial charge is 0.490 e. The van der Waals surface area contributed by atoms with Gasteiger partial charge in [0.1, 0.15) is 40.8 Å². The molecule has 0 bridgehead atoms. The molecule has 0 saturated carbocycles. The lowest BCUT2D eigenvalue weighted by molar-refractivity contribution is -0.142. The standard InChI is InChI=1S/C55H63N9O7S2/c1-30-33(4)73-54-46(30)47(58-43(27-45(66)70-9)50-61-60-34(5)64(50)54)36-14-18-39(19-15-36)62-24-22-42(23-25-62)71-41-20-16-38(17-21-41)51(67)59-49(55(6,7)8)53(69)63-28-40(65)26-44(63)52(68)57-31(2)35-10-12-37(13-11-35)48-32(3)56-29-72-48/h10-21,29,31,40,42-44,49,65H,22-28H2,1-9H3,(H,57,68)(H,59,67)/t31-,40+,43-,44-,49+/m0/s1. The van der Waals surface area contributed by atoms with Crippen molar-refractivity contribution in [2.45, 2.75) is 117 Å². The molecule has 6 aromatic rings. The van der Waals surface area contributed by atoms with Crippen LogP contribution in [0, 0.1) is 33.1 Å². The van der Waals surface area contributed by atoms with Crippen LogP contribution in [0.2, 0.25) is 0 Å². The zero-order chi connectivity index (χ0) is 51.9. The molecule has 73 heavy (non-hydrogen) atoms. The van der Waals surface area contributed by atoms with Gasteiger partial charge in [0.05, 0.1) is 47.5 Å². The first-order valence-electron chi connectivity index (χ1n) is 24.8. The van der Waals surface area contributed by atoms with Crippen molar-refractivity contribution in [3.8, 4) is 21.2 Å². The fourth-order valence-corrected chi connectivity index (χ4v) is 12.0. The third-order valence-electron chi connectivity index (χ3n) is 14.2. The molecule has 0 spiro atoms. The molecule has 2 saturated heterocycles. The van der Waals surface area contributed by atoms with E-state index in [9.17, 15) is 24.3 Å². The van der Waals surface area contributed by atoms with E-state index < -0.39 is 41.5 Å². The third-order valence-corrected chi connectivity index (χ3v) is 16.4. The van der Waals surface area contributed by atoms with Crippen LogP contribution < -0.4 is 20.3 Å². The number of carbonyl (C=O) groups excluding carboxylic acids is 4. The van der Waals surface area contributed by atoms with Gasteiger partial charge in [0.15, 0.2) is 5.82 Å². The molecule has 3 aromatic carbocycles. The van der Waals surface area contributed by atoms with Gasteiger partial charge < -0.3 is 35.0 Å². The number of likely N-dealkylation sites (tertiary alicyclic amines) is 1. The number of nitrogens with zero attached hydrogens (tertiary/aromatic N) is 7. The number of aliphatic hydroxyl groups excluding tert-OH is 1. The number of aliphatic imine (C=N–C) groups is 1. The highest BCUT2D eigenvalue weighted by Gasteiger charge is 2.45. The fraction of sp³-hybridized carbons (Fsp3) is 0.418. The van der Waals surface area contributed by atoms with Crippen LogP contribution in [-0.4, -0.2) is 110 Å². The van der Waals surface area contributed by atoms with Gasteiger partial charge in [-0.3, -0.25) is 28.7 Å². The topological polar surface area (TPSA) is 193 Å². The summed E-state index contributed by atoms with van der Waals surface area (Å²) in [6.07, 6.45) is 0.809. The Morgan fingerprint density at radius 2 is 1.58 bits per heavy atom. The van der Waals surface area contributed by atoms with Gasteiger partial charge in [0.2, 0.25) is 11.8 Å². The van der Waals surface area contributed by atoms with Gasteiger partial charge in [-0.05, 0) is 93.1 Å². The average molecular weight is 1030 g/mol. The zero-order valence-corrected chi connectivity index (χ0v) is 44.4. The number of ether oxygens (including phenoxy) is 2. The van der Waals surface area contributed by atoms with E-state index in [0.29, 0.717) is 17.1 Å². The predicted molar refractivity (Wildman–Crippen MR) is 283 cm³/mol. The van der Waals surface area contributed by atoms with E-state index in [4.69, 9.17) is 14.5 Å². The van der Waals surface area contributed by atoms with Crippen LogP contribution in [0.15, 0.2) is 83.3 Å². The lowest BCUT2D eigenvalue weighted by Crippen LogP contribution is -2.57. The lowest BCUT2D eigenvalue weighted by atomic mass is 9.85. The highest BCUT2D eigenvalue weighted by molar-refractivity contribution is 7.15. The molecule has 3 aliphatic rings. The molecule has 2 fully saturated rings. The summed E-state index contributed by atoms with van der Waals surface area (Å²) in [7, 11) is 1.38. The number of aryl methyl sites for hydroxylation is 3. The van der Waals surface area contributed by atoms with Crippen molar-refractivity contribution in [3.05, 3.63) is 128 Å². The molecule has 9 rings (SSSR count). The Kier molecular flexibility index (Phi) is 14.7. The van der Waals surface area contributed by atoms with Gasteiger partial charge in [-0.1, -0.05) is 57.2 Å². The Bertz CT molecular complexity index is 3040. The second-order valence-electron chi connectivity index (χ2n) is 20.3. The van der Waals surface area contributed by atoms with Crippen LogP contribution >= 0.6 is 22.7 Å². The molecule has 18 heteroatoms. The molecule has 3 amide bonds. The molecule has 0 aliphatic carbocycles. The monoisotopic (exact) mass is 1030 g/mol. The van der Waals surface area contributed by atoms with E-state index in [1.165, 1.54) is 16.9 Å². The predicted octanol–water partition coefficient (Wildman–Crippen LogP) is 8.17. The number of carbonyl (C=O) groups is 4. The van der Waals surface area contributed by atoms with Gasteiger partial charge in [-0.25, -0.2) is 4.98 Å². The van der Waals surface area contributed by atoms with Crippen molar-refractivity contribution in [3.63, 3.8) is 0 Å². The molecular weight excluding hydrogens is 963 g/mol. The van der Waals surface area contributed by atoms with Crippen LogP contribution in [0.1, 0.15) is 120 Å². The molecule has 3 N–H and O–H groups in total. The minimum absolute atomic E-state index is 0.0199. The molecule has 3 aliphatic heterocycles. The summed E-state index contributed by atoms with van der Waals surface area (Å²) in [6, 6.07) is 20.5. The van der Waals surface area contributed by atoms with E-state index in [2.05, 4.69) is 68.8 Å². The molecular formula is C55H63N9O7S2. The number of rotatable bonds is 13. The van der Waals surface area contributed by atoms with Crippen molar-refractivity contribution >= 4 is 57.8 Å². The Morgan fingerprint density at radius 3 is 2.22 bits per heavy atom. The number of β-amino-alcohol motifs (C(OH)–C–C–N with tert-alkyl or cyclic N) is 1. The van der Waals surface area contributed by atoms with Gasteiger partial charge in [0, 0.05) is 66.2 Å². The SMILES string of the molecule is COC(=O)C[C@@H]1N=C(c2ccc(N3CCC(Oc4ccc(C(=O)N[C@H](C(=O)N5C[C@H](O)C[C@H]5C(=O)N[C@@H](C)c5ccc(-c6scnc6C)cc5)C(C)(C)C)cc4)CC3)cc2)c2c(sc(C)c2C)-n2c(C)nnc21. The highest BCUT2D eigenvalue weighted by Crippen LogP contribution is 2.40. The number of piperidine rings is 1. The van der Waals surface area contributed by atoms with Crippen molar-refractivity contribution in [1.82, 2.24) is 35.3 Å². The number of thiophene rings is 1. The summed E-state index contributed by atoms with van der Waals surface area (Å²) in [6.45, 7) is 17.1. The quantitative estimate of drug-likeness (QED) is 0.0945. The molecule has 0 unspecified atom stereocenters. The normalized spacial score (nSPS) is 18.8. The number of thiazole rings is 1. The van der Waals surface area contributed by atoms with Gasteiger partial charge >= 0.3 is 5.97 Å². The summed E-state index contributed by atoms with van der Waals surface area (Å²) < 4.78 is 13.5. The molecule has 6 heterocycles. The second kappa shape index (κ2) is 21.0. The Morgan fingerprint density at radius 1 is 0.890 bits per heavy atom. The Hall–Kier alpha value is -6.76. The maximum absolute atomic E-state index is 14.3. The van der Waals surface area contributed by atoms with Crippen LogP contribution in [-0.2, 0) is 19.1 Å². The first-order valence-corrected chi connectivity index (χ1v) is 26.5. The summed E-state index contributed by atoms with van der Waals surface area (Å²) in [5.41, 5.74) is 9.37. The molecule has 3 aromatic heterocycles.